The Balaban J connectivity index is 2.83. The van der Waals surface area contributed by atoms with E-state index >= 15 is 0 Å². The molecule has 4 nitrogen and oxygen atoms in total. The van der Waals surface area contributed by atoms with Crippen LogP contribution in [0.5, 0.6) is 0 Å². The van der Waals surface area contributed by atoms with E-state index in [1.54, 1.807) is 26.8 Å². The third-order valence-corrected chi connectivity index (χ3v) is 3.31. The lowest BCUT2D eigenvalue weighted by Gasteiger charge is -2.31. The standard InChI is InChI=1S/C16H25FN2O2/c1-11-8-12(17)6-7-13(11)16(5,9-18)10-19-14(20)21-15(2,3)4/h6-8H,9-10,18H2,1-5H3,(H,19,20). The van der Waals surface area contributed by atoms with Gasteiger partial charge in [0.25, 0.3) is 0 Å². The summed E-state index contributed by atoms with van der Waals surface area (Å²) in [6.45, 7) is 9.83. The lowest BCUT2D eigenvalue weighted by atomic mass is 9.80. The quantitative estimate of drug-likeness (QED) is 0.898. The molecular weight excluding hydrogens is 271 g/mol. The molecule has 21 heavy (non-hydrogen) atoms. The van der Waals surface area contributed by atoms with Gasteiger partial charge in [-0.3, -0.25) is 0 Å². The van der Waals surface area contributed by atoms with Gasteiger partial charge in [0.2, 0.25) is 0 Å². The average molecular weight is 296 g/mol. The van der Waals surface area contributed by atoms with E-state index in [1.807, 2.05) is 13.8 Å². The van der Waals surface area contributed by atoms with Crippen molar-refractivity contribution in [1.29, 1.82) is 0 Å². The van der Waals surface area contributed by atoms with E-state index in [2.05, 4.69) is 5.32 Å². The molecule has 0 aromatic heterocycles. The van der Waals surface area contributed by atoms with Crippen LogP contribution in [0.3, 0.4) is 0 Å². The number of carbonyl (C=O) groups excluding carboxylic acids is 1. The Morgan fingerprint density at radius 3 is 2.43 bits per heavy atom. The van der Waals surface area contributed by atoms with Crippen molar-refractivity contribution in [2.24, 2.45) is 5.73 Å². The minimum absolute atomic E-state index is 0.282. The van der Waals surface area contributed by atoms with Crippen LogP contribution in [0.25, 0.3) is 0 Å². The fourth-order valence-corrected chi connectivity index (χ4v) is 2.16. The van der Waals surface area contributed by atoms with Crippen LogP contribution in [0.15, 0.2) is 18.2 Å². The molecule has 0 saturated heterocycles. The predicted molar refractivity (Wildman–Crippen MR) is 81.8 cm³/mol. The van der Waals surface area contributed by atoms with Crippen molar-refractivity contribution in [1.82, 2.24) is 5.32 Å². The third kappa shape index (κ3) is 5.01. The van der Waals surface area contributed by atoms with E-state index in [4.69, 9.17) is 10.5 Å². The summed E-state index contributed by atoms with van der Waals surface area (Å²) in [6, 6.07) is 4.59. The lowest BCUT2D eigenvalue weighted by Crippen LogP contribution is -2.45. The summed E-state index contributed by atoms with van der Waals surface area (Å²) < 4.78 is 18.4. The van der Waals surface area contributed by atoms with Crippen LogP contribution in [0.4, 0.5) is 9.18 Å². The SMILES string of the molecule is Cc1cc(F)ccc1C(C)(CN)CNC(=O)OC(C)(C)C. The van der Waals surface area contributed by atoms with Crippen molar-refractivity contribution in [2.75, 3.05) is 13.1 Å². The second-order valence-electron chi connectivity index (χ2n) is 6.58. The van der Waals surface area contributed by atoms with Gasteiger partial charge in [0, 0.05) is 18.5 Å². The van der Waals surface area contributed by atoms with E-state index < -0.39 is 17.1 Å². The fraction of sp³-hybridized carbons (Fsp3) is 0.562. The Morgan fingerprint density at radius 2 is 1.95 bits per heavy atom. The Labute approximate surface area is 125 Å². The summed E-state index contributed by atoms with van der Waals surface area (Å²) in [6.07, 6.45) is -0.484. The van der Waals surface area contributed by atoms with E-state index in [1.165, 1.54) is 12.1 Å². The number of carbonyl (C=O) groups is 1. The van der Waals surface area contributed by atoms with Crippen LogP contribution in [0, 0.1) is 12.7 Å². The van der Waals surface area contributed by atoms with Gasteiger partial charge in [-0.05, 0) is 51.0 Å². The van der Waals surface area contributed by atoms with Crippen molar-refractivity contribution in [3.63, 3.8) is 0 Å². The number of halogens is 1. The van der Waals surface area contributed by atoms with Crippen LogP contribution in [-0.2, 0) is 10.2 Å². The van der Waals surface area contributed by atoms with Crippen LogP contribution in [0.1, 0.15) is 38.8 Å². The first kappa shape index (κ1) is 17.4. The van der Waals surface area contributed by atoms with E-state index in [9.17, 15) is 9.18 Å². The van der Waals surface area contributed by atoms with Gasteiger partial charge in [0.05, 0.1) is 0 Å². The van der Waals surface area contributed by atoms with E-state index in [-0.39, 0.29) is 5.82 Å². The van der Waals surface area contributed by atoms with Gasteiger partial charge in [-0.1, -0.05) is 13.0 Å². The highest BCUT2D eigenvalue weighted by Gasteiger charge is 2.28. The average Bonchev–Trinajstić information content (AvgIpc) is 2.34. The van der Waals surface area contributed by atoms with Crippen LogP contribution < -0.4 is 11.1 Å². The maximum atomic E-state index is 13.2. The van der Waals surface area contributed by atoms with Crippen LogP contribution >= 0.6 is 0 Å². The van der Waals surface area contributed by atoms with Gasteiger partial charge in [0.1, 0.15) is 11.4 Å². The van der Waals surface area contributed by atoms with Crippen LogP contribution in [-0.4, -0.2) is 24.8 Å². The number of hydrogen-bond donors (Lipinski definition) is 2. The minimum Gasteiger partial charge on any atom is -0.444 e. The molecule has 1 amide bonds. The zero-order chi connectivity index (χ0) is 16.3. The molecule has 3 N–H and O–H groups in total. The summed E-state index contributed by atoms with van der Waals surface area (Å²) in [5, 5.41) is 2.74. The van der Waals surface area contributed by atoms with Gasteiger partial charge in [-0.2, -0.15) is 0 Å². The highest BCUT2D eigenvalue weighted by Crippen LogP contribution is 2.26. The van der Waals surface area contributed by atoms with E-state index in [0.717, 1.165) is 11.1 Å². The molecule has 1 unspecified atom stereocenters. The number of rotatable bonds is 4. The monoisotopic (exact) mass is 296 g/mol. The molecule has 5 heteroatoms. The number of nitrogens with one attached hydrogen (secondary N) is 1. The normalized spacial score (nSPS) is 14.4. The largest absolute Gasteiger partial charge is 0.444 e. The van der Waals surface area contributed by atoms with Crippen molar-refractivity contribution in [3.8, 4) is 0 Å². The Kier molecular flexibility index (Phi) is 5.34. The van der Waals surface area contributed by atoms with Gasteiger partial charge in [0.15, 0.2) is 0 Å². The predicted octanol–water partition coefficient (Wildman–Crippen LogP) is 2.88. The Hall–Kier alpha value is -1.62. The second kappa shape index (κ2) is 6.43. The maximum Gasteiger partial charge on any atom is 0.407 e. The molecule has 0 bridgehead atoms. The lowest BCUT2D eigenvalue weighted by molar-refractivity contribution is 0.0516. The van der Waals surface area contributed by atoms with E-state index in [0.29, 0.717) is 13.1 Å². The molecule has 1 atom stereocenters. The molecule has 0 fully saturated rings. The number of nitrogens with two attached hydrogens (primary N) is 1. The molecular formula is C16H25FN2O2. The van der Waals surface area contributed by atoms with Crippen molar-refractivity contribution >= 4 is 6.09 Å². The fourth-order valence-electron chi connectivity index (χ4n) is 2.16. The topological polar surface area (TPSA) is 64.3 Å². The molecule has 0 aliphatic heterocycles. The van der Waals surface area contributed by atoms with Crippen molar-refractivity contribution in [3.05, 3.63) is 35.1 Å². The molecule has 1 aromatic rings. The first-order valence-corrected chi connectivity index (χ1v) is 7.01. The molecule has 0 saturated carbocycles. The number of hydrogen-bond acceptors (Lipinski definition) is 3. The molecule has 0 aliphatic carbocycles. The highest BCUT2D eigenvalue weighted by atomic mass is 19.1. The van der Waals surface area contributed by atoms with Crippen molar-refractivity contribution in [2.45, 2.75) is 45.6 Å². The second-order valence-corrected chi connectivity index (χ2v) is 6.58. The zero-order valence-electron chi connectivity index (χ0n) is 13.4. The van der Waals surface area contributed by atoms with Gasteiger partial charge in [-0.25, -0.2) is 9.18 Å². The summed E-state index contributed by atoms with van der Waals surface area (Å²) in [5.41, 5.74) is 6.58. The maximum absolute atomic E-state index is 13.2. The number of amides is 1. The molecule has 0 heterocycles. The summed E-state index contributed by atoms with van der Waals surface area (Å²) in [4.78, 5) is 11.8. The first-order chi connectivity index (χ1) is 9.57. The number of ether oxygens (including phenoxy) is 1. The molecule has 1 rings (SSSR count). The Morgan fingerprint density at radius 1 is 1.33 bits per heavy atom. The van der Waals surface area contributed by atoms with Crippen LogP contribution in [0.2, 0.25) is 0 Å². The molecule has 1 aromatic carbocycles. The van der Waals surface area contributed by atoms with Gasteiger partial charge < -0.3 is 15.8 Å². The summed E-state index contributed by atoms with van der Waals surface area (Å²) in [7, 11) is 0. The molecule has 118 valence electrons. The molecule has 0 radical (unpaired) electrons. The highest BCUT2D eigenvalue weighted by molar-refractivity contribution is 5.67. The van der Waals surface area contributed by atoms with Gasteiger partial charge in [-0.15, -0.1) is 0 Å². The third-order valence-electron chi connectivity index (χ3n) is 3.31. The van der Waals surface area contributed by atoms with Crippen molar-refractivity contribution < 1.29 is 13.9 Å². The summed E-state index contributed by atoms with van der Waals surface area (Å²) in [5.74, 6) is -0.282. The smallest absolute Gasteiger partial charge is 0.407 e. The molecule has 0 aliphatic rings. The number of alkyl carbamates (subject to hydrolysis) is 1. The number of benzene rings is 1. The summed E-state index contributed by atoms with van der Waals surface area (Å²) >= 11 is 0. The Bertz CT molecular complexity index is 511. The van der Waals surface area contributed by atoms with Gasteiger partial charge >= 0.3 is 6.09 Å². The molecule has 0 spiro atoms. The zero-order valence-corrected chi connectivity index (χ0v) is 13.4. The number of aryl methyl sites for hydroxylation is 1. The minimum atomic E-state index is -0.547. The first-order valence-electron chi connectivity index (χ1n) is 7.01.